The van der Waals surface area contributed by atoms with Gasteiger partial charge in [0.05, 0.1) is 12.8 Å². The largest absolute Gasteiger partial charge is 0.343 e. The van der Waals surface area contributed by atoms with Gasteiger partial charge in [0, 0.05) is 18.2 Å². The number of carbonyl (C=O) groups excluding carboxylic acids is 3. The van der Waals surface area contributed by atoms with E-state index in [1.165, 1.54) is 13.1 Å². The molecule has 2 aromatic rings. The SMILES string of the molecule is CC(=O)Nc1ccc(/C=N\NC(=O)CNC(=O)c2ccccc2)cc1. The maximum Gasteiger partial charge on any atom is 0.259 e. The van der Waals surface area contributed by atoms with Crippen molar-refractivity contribution >= 4 is 29.6 Å². The highest BCUT2D eigenvalue weighted by Gasteiger charge is 2.06. The van der Waals surface area contributed by atoms with E-state index in [1.807, 2.05) is 0 Å². The molecule has 0 unspecified atom stereocenters. The van der Waals surface area contributed by atoms with Gasteiger partial charge in [-0.15, -0.1) is 0 Å². The second-order valence-electron chi connectivity index (χ2n) is 5.15. The van der Waals surface area contributed by atoms with Crippen molar-refractivity contribution in [2.45, 2.75) is 6.92 Å². The van der Waals surface area contributed by atoms with E-state index in [4.69, 9.17) is 0 Å². The van der Waals surface area contributed by atoms with Gasteiger partial charge in [0.25, 0.3) is 11.8 Å². The van der Waals surface area contributed by atoms with E-state index in [2.05, 4.69) is 21.2 Å². The second kappa shape index (κ2) is 8.97. The second-order valence-corrected chi connectivity index (χ2v) is 5.15. The molecule has 7 heteroatoms. The summed E-state index contributed by atoms with van der Waals surface area (Å²) in [5, 5.41) is 8.98. The van der Waals surface area contributed by atoms with Gasteiger partial charge in [-0.2, -0.15) is 5.10 Å². The Hall–Kier alpha value is -3.48. The third-order valence-corrected chi connectivity index (χ3v) is 3.08. The molecule has 25 heavy (non-hydrogen) atoms. The molecule has 7 nitrogen and oxygen atoms in total. The number of hydrazone groups is 1. The highest BCUT2D eigenvalue weighted by molar-refractivity contribution is 5.96. The zero-order valence-corrected chi connectivity index (χ0v) is 13.7. The predicted octanol–water partition coefficient (Wildman–Crippen LogP) is 1.53. The predicted molar refractivity (Wildman–Crippen MR) is 95.3 cm³/mol. The number of carbonyl (C=O) groups is 3. The molecule has 0 saturated carbocycles. The molecule has 2 rings (SSSR count). The molecular formula is C18H18N4O3. The average Bonchev–Trinajstić information content (AvgIpc) is 2.61. The maximum atomic E-state index is 11.8. The van der Waals surface area contributed by atoms with E-state index >= 15 is 0 Å². The van der Waals surface area contributed by atoms with Crippen molar-refractivity contribution < 1.29 is 14.4 Å². The van der Waals surface area contributed by atoms with Crippen LogP contribution in [0.3, 0.4) is 0 Å². The fraction of sp³-hybridized carbons (Fsp3) is 0.111. The van der Waals surface area contributed by atoms with Crippen molar-refractivity contribution in [3.8, 4) is 0 Å². The minimum Gasteiger partial charge on any atom is -0.343 e. The first kappa shape index (κ1) is 17.9. The van der Waals surface area contributed by atoms with Gasteiger partial charge in [-0.1, -0.05) is 30.3 Å². The zero-order chi connectivity index (χ0) is 18.1. The molecule has 2 aromatic carbocycles. The molecule has 0 aromatic heterocycles. The summed E-state index contributed by atoms with van der Waals surface area (Å²) < 4.78 is 0. The van der Waals surface area contributed by atoms with Gasteiger partial charge < -0.3 is 10.6 Å². The lowest BCUT2D eigenvalue weighted by Crippen LogP contribution is -2.34. The summed E-state index contributed by atoms with van der Waals surface area (Å²) in [6.45, 7) is 1.26. The molecule has 0 atom stereocenters. The Labute approximate surface area is 145 Å². The molecule has 0 bridgehead atoms. The molecule has 3 amide bonds. The molecule has 0 aliphatic heterocycles. The topological polar surface area (TPSA) is 99.7 Å². The van der Waals surface area contributed by atoms with Crippen LogP contribution in [0, 0.1) is 0 Å². The van der Waals surface area contributed by atoms with Crippen molar-refractivity contribution in [2.75, 3.05) is 11.9 Å². The van der Waals surface area contributed by atoms with Crippen molar-refractivity contribution in [3.63, 3.8) is 0 Å². The molecule has 0 spiro atoms. The van der Waals surface area contributed by atoms with Gasteiger partial charge >= 0.3 is 0 Å². The maximum absolute atomic E-state index is 11.8. The van der Waals surface area contributed by atoms with Gasteiger partial charge in [0.2, 0.25) is 5.91 Å². The van der Waals surface area contributed by atoms with Crippen LogP contribution in [0.15, 0.2) is 59.7 Å². The molecule has 0 fully saturated rings. The smallest absolute Gasteiger partial charge is 0.259 e. The van der Waals surface area contributed by atoms with Crippen LogP contribution in [0.25, 0.3) is 0 Å². The molecule has 3 N–H and O–H groups in total. The standard InChI is InChI=1S/C18H18N4O3/c1-13(23)21-16-9-7-14(8-10-16)11-20-22-17(24)12-19-18(25)15-5-3-2-4-6-15/h2-11H,12H2,1H3,(H,19,25)(H,21,23)(H,22,24)/b20-11-. The van der Waals surface area contributed by atoms with Crippen molar-refractivity contribution in [1.82, 2.24) is 10.7 Å². The third kappa shape index (κ3) is 6.26. The summed E-state index contributed by atoms with van der Waals surface area (Å²) in [5.74, 6) is -0.907. The lowest BCUT2D eigenvalue weighted by atomic mass is 10.2. The summed E-state index contributed by atoms with van der Waals surface area (Å²) in [5.41, 5.74) is 4.25. The molecule has 0 radical (unpaired) electrons. The Balaban J connectivity index is 1.76. The molecular weight excluding hydrogens is 320 g/mol. The fourth-order valence-electron chi connectivity index (χ4n) is 1.93. The number of hydrogen-bond acceptors (Lipinski definition) is 4. The van der Waals surface area contributed by atoms with Crippen LogP contribution in [-0.2, 0) is 9.59 Å². The monoisotopic (exact) mass is 338 g/mol. The minimum atomic E-state index is -0.435. The first-order chi connectivity index (χ1) is 12.0. The normalized spacial score (nSPS) is 10.3. The van der Waals surface area contributed by atoms with Crippen LogP contribution < -0.4 is 16.1 Å². The fourth-order valence-corrected chi connectivity index (χ4v) is 1.93. The zero-order valence-electron chi connectivity index (χ0n) is 13.7. The number of rotatable bonds is 6. The van der Waals surface area contributed by atoms with E-state index < -0.39 is 5.91 Å². The van der Waals surface area contributed by atoms with Crippen LogP contribution in [-0.4, -0.2) is 30.5 Å². The number of nitrogens with one attached hydrogen (secondary N) is 3. The Morgan fingerprint density at radius 2 is 1.68 bits per heavy atom. The van der Waals surface area contributed by atoms with E-state index in [1.54, 1.807) is 54.6 Å². The highest BCUT2D eigenvalue weighted by Crippen LogP contribution is 2.07. The molecule has 0 heterocycles. The van der Waals surface area contributed by atoms with Crippen molar-refractivity contribution in [2.24, 2.45) is 5.10 Å². The van der Waals surface area contributed by atoms with E-state index in [0.29, 0.717) is 11.3 Å². The van der Waals surface area contributed by atoms with Gasteiger partial charge in [-0.3, -0.25) is 14.4 Å². The molecule has 0 saturated heterocycles. The van der Waals surface area contributed by atoms with E-state index in [0.717, 1.165) is 5.56 Å². The van der Waals surface area contributed by atoms with Crippen LogP contribution in [0.4, 0.5) is 5.69 Å². The Kier molecular flexibility index (Phi) is 6.41. The summed E-state index contributed by atoms with van der Waals surface area (Å²) >= 11 is 0. The summed E-state index contributed by atoms with van der Waals surface area (Å²) in [6, 6.07) is 15.6. The Morgan fingerprint density at radius 1 is 1.00 bits per heavy atom. The van der Waals surface area contributed by atoms with Crippen LogP contribution in [0.2, 0.25) is 0 Å². The average molecular weight is 338 g/mol. The molecule has 0 aliphatic carbocycles. The Morgan fingerprint density at radius 3 is 2.32 bits per heavy atom. The summed E-state index contributed by atoms with van der Waals surface area (Å²) in [7, 11) is 0. The van der Waals surface area contributed by atoms with Gasteiger partial charge in [0.1, 0.15) is 0 Å². The first-order valence-electron chi connectivity index (χ1n) is 7.57. The first-order valence-corrected chi connectivity index (χ1v) is 7.57. The van der Waals surface area contributed by atoms with E-state index in [-0.39, 0.29) is 18.4 Å². The molecule has 128 valence electrons. The van der Waals surface area contributed by atoms with Crippen molar-refractivity contribution in [1.29, 1.82) is 0 Å². The van der Waals surface area contributed by atoms with Crippen LogP contribution in [0.5, 0.6) is 0 Å². The number of amides is 3. The Bertz CT molecular complexity index is 771. The van der Waals surface area contributed by atoms with E-state index in [9.17, 15) is 14.4 Å². The number of hydrogen-bond donors (Lipinski definition) is 3. The summed E-state index contributed by atoms with van der Waals surface area (Å²) in [4.78, 5) is 34.4. The number of benzene rings is 2. The third-order valence-electron chi connectivity index (χ3n) is 3.08. The van der Waals surface area contributed by atoms with Gasteiger partial charge in [-0.05, 0) is 29.8 Å². The van der Waals surface area contributed by atoms with Crippen LogP contribution in [0.1, 0.15) is 22.8 Å². The van der Waals surface area contributed by atoms with Crippen LogP contribution >= 0.6 is 0 Å². The quantitative estimate of drug-likeness (QED) is 0.550. The number of nitrogens with zero attached hydrogens (tertiary/aromatic N) is 1. The lowest BCUT2D eigenvalue weighted by molar-refractivity contribution is -0.120. The highest BCUT2D eigenvalue weighted by atomic mass is 16.2. The minimum absolute atomic E-state index is 0.147. The summed E-state index contributed by atoms with van der Waals surface area (Å²) in [6.07, 6.45) is 1.47. The lowest BCUT2D eigenvalue weighted by Gasteiger charge is -2.04. The van der Waals surface area contributed by atoms with Gasteiger partial charge in [0.15, 0.2) is 0 Å². The van der Waals surface area contributed by atoms with Crippen molar-refractivity contribution in [3.05, 3.63) is 65.7 Å². The van der Waals surface area contributed by atoms with Gasteiger partial charge in [-0.25, -0.2) is 5.43 Å². The number of anilines is 1. The molecule has 0 aliphatic rings.